The van der Waals surface area contributed by atoms with Gasteiger partial charge in [-0.15, -0.1) is 0 Å². The summed E-state index contributed by atoms with van der Waals surface area (Å²) < 4.78 is 87.4. The van der Waals surface area contributed by atoms with E-state index in [1.165, 1.54) is 0 Å². The predicted octanol–water partition coefficient (Wildman–Crippen LogP) is 3.72. The standard InChI is InChI=1S/C7H7F7O/c1-4(8)7(13,14)15-5(2,9)3-6(10,11)12/h1,3H2,2H3. The Labute approximate surface area is 80.5 Å². The van der Waals surface area contributed by atoms with E-state index in [2.05, 4.69) is 11.3 Å². The highest BCUT2D eigenvalue weighted by Crippen LogP contribution is 2.37. The van der Waals surface area contributed by atoms with Crippen LogP contribution in [0.15, 0.2) is 12.4 Å². The molecule has 1 atom stereocenters. The quantitative estimate of drug-likeness (QED) is 0.680. The van der Waals surface area contributed by atoms with Crippen molar-refractivity contribution < 1.29 is 35.5 Å². The van der Waals surface area contributed by atoms with E-state index in [9.17, 15) is 30.7 Å². The highest BCUT2D eigenvalue weighted by molar-refractivity contribution is 4.92. The Morgan fingerprint density at radius 1 is 1.13 bits per heavy atom. The second kappa shape index (κ2) is 3.99. The van der Waals surface area contributed by atoms with Gasteiger partial charge in [-0.1, -0.05) is 6.58 Å². The Bertz CT molecular complexity index is 242. The molecule has 0 N–H and O–H groups in total. The monoisotopic (exact) mass is 240 g/mol. The lowest BCUT2D eigenvalue weighted by atomic mass is 10.2. The number of rotatable bonds is 4. The van der Waals surface area contributed by atoms with Crippen LogP contribution in [0, 0.1) is 0 Å². The number of alkyl halides is 6. The number of halogens is 7. The van der Waals surface area contributed by atoms with Gasteiger partial charge in [0.25, 0.3) is 0 Å². The largest absolute Gasteiger partial charge is 0.411 e. The fourth-order valence-corrected chi connectivity index (χ4v) is 0.717. The molecule has 0 fully saturated rings. The molecule has 8 heteroatoms. The van der Waals surface area contributed by atoms with Crippen LogP contribution in [0.25, 0.3) is 0 Å². The molecule has 0 bridgehead atoms. The van der Waals surface area contributed by atoms with Crippen LogP contribution in [0.3, 0.4) is 0 Å². The van der Waals surface area contributed by atoms with E-state index in [-0.39, 0.29) is 6.92 Å². The number of hydrogen-bond acceptors (Lipinski definition) is 1. The second-order valence-corrected chi connectivity index (χ2v) is 2.92. The number of hydrogen-bond donors (Lipinski definition) is 0. The smallest absolute Gasteiger partial charge is 0.277 e. The minimum absolute atomic E-state index is 0.122. The molecule has 0 saturated heterocycles. The van der Waals surface area contributed by atoms with Crippen LogP contribution in [0.1, 0.15) is 13.3 Å². The molecule has 1 nitrogen and oxygen atoms in total. The Morgan fingerprint density at radius 2 is 1.53 bits per heavy atom. The van der Waals surface area contributed by atoms with Gasteiger partial charge in [0.1, 0.15) is 6.42 Å². The van der Waals surface area contributed by atoms with Gasteiger partial charge in [-0.25, -0.2) is 8.78 Å². The normalized spacial score (nSPS) is 17.3. The van der Waals surface area contributed by atoms with Gasteiger partial charge in [0.15, 0.2) is 5.83 Å². The lowest BCUT2D eigenvalue weighted by Crippen LogP contribution is -2.37. The maximum atomic E-state index is 12.8. The molecule has 0 aliphatic heterocycles. The van der Waals surface area contributed by atoms with Crippen LogP contribution in [-0.2, 0) is 4.74 Å². The summed E-state index contributed by atoms with van der Waals surface area (Å²) in [7, 11) is 0. The third-order valence-corrected chi connectivity index (χ3v) is 1.17. The molecule has 0 aromatic heterocycles. The van der Waals surface area contributed by atoms with Gasteiger partial charge < -0.3 is 0 Å². The Balaban J connectivity index is 4.58. The van der Waals surface area contributed by atoms with Crippen molar-refractivity contribution in [3.63, 3.8) is 0 Å². The van der Waals surface area contributed by atoms with Crippen LogP contribution in [0.5, 0.6) is 0 Å². The molecule has 0 heterocycles. The van der Waals surface area contributed by atoms with Crippen LogP contribution in [0.4, 0.5) is 30.7 Å². The van der Waals surface area contributed by atoms with E-state index in [1.807, 2.05) is 0 Å². The van der Waals surface area contributed by atoms with Crippen LogP contribution >= 0.6 is 0 Å². The van der Waals surface area contributed by atoms with Crippen molar-refractivity contribution in [2.45, 2.75) is 31.5 Å². The summed E-state index contributed by atoms with van der Waals surface area (Å²) in [6.07, 6.45) is -12.1. The lowest BCUT2D eigenvalue weighted by molar-refractivity contribution is -0.333. The van der Waals surface area contributed by atoms with Crippen molar-refractivity contribution >= 4 is 0 Å². The van der Waals surface area contributed by atoms with E-state index in [0.29, 0.717) is 0 Å². The zero-order valence-electron chi connectivity index (χ0n) is 7.47. The average Bonchev–Trinajstić information content (AvgIpc) is 1.75. The highest BCUT2D eigenvalue weighted by Gasteiger charge is 2.49. The molecule has 0 aromatic rings. The molecular weight excluding hydrogens is 233 g/mol. The topological polar surface area (TPSA) is 9.23 Å². The minimum atomic E-state index is -5.04. The van der Waals surface area contributed by atoms with Gasteiger partial charge in [0, 0.05) is 0 Å². The van der Waals surface area contributed by atoms with Gasteiger partial charge in [0.05, 0.1) is 0 Å². The summed E-state index contributed by atoms with van der Waals surface area (Å²) in [4.78, 5) is 0. The SMILES string of the molecule is C=C(F)C(F)(F)OC(C)(F)CC(F)(F)F. The van der Waals surface area contributed by atoms with Crippen molar-refractivity contribution in [1.29, 1.82) is 0 Å². The predicted molar refractivity (Wildman–Crippen MR) is 36.5 cm³/mol. The summed E-state index contributed by atoms with van der Waals surface area (Å²) in [6.45, 7) is 2.24. The van der Waals surface area contributed by atoms with E-state index < -0.39 is 30.4 Å². The first-order valence-corrected chi connectivity index (χ1v) is 3.54. The Hall–Kier alpha value is -0.790. The average molecular weight is 240 g/mol. The molecule has 1 unspecified atom stereocenters. The van der Waals surface area contributed by atoms with Crippen LogP contribution in [-0.4, -0.2) is 18.1 Å². The molecule has 15 heavy (non-hydrogen) atoms. The first-order valence-electron chi connectivity index (χ1n) is 3.54. The van der Waals surface area contributed by atoms with Crippen molar-refractivity contribution in [2.24, 2.45) is 0 Å². The van der Waals surface area contributed by atoms with E-state index in [0.717, 1.165) is 0 Å². The molecule has 0 aliphatic rings. The first kappa shape index (κ1) is 14.2. The van der Waals surface area contributed by atoms with E-state index >= 15 is 0 Å². The molecule has 0 radical (unpaired) electrons. The van der Waals surface area contributed by atoms with Crippen molar-refractivity contribution in [2.75, 3.05) is 0 Å². The van der Waals surface area contributed by atoms with Gasteiger partial charge in [-0.2, -0.15) is 22.0 Å². The van der Waals surface area contributed by atoms with Crippen LogP contribution < -0.4 is 0 Å². The summed E-state index contributed by atoms with van der Waals surface area (Å²) >= 11 is 0. The molecule has 0 saturated carbocycles. The Kier molecular flexibility index (Phi) is 3.78. The third-order valence-electron chi connectivity index (χ3n) is 1.17. The Morgan fingerprint density at radius 3 is 1.80 bits per heavy atom. The second-order valence-electron chi connectivity index (χ2n) is 2.92. The summed E-state index contributed by atoms with van der Waals surface area (Å²) in [5.41, 5.74) is 0. The van der Waals surface area contributed by atoms with E-state index in [1.54, 1.807) is 0 Å². The zero-order valence-corrected chi connectivity index (χ0v) is 7.47. The van der Waals surface area contributed by atoms with Crippen molar-refractivity contribution in [3.8, 4) is 0 Å². The summed E-state index contributed by atoms with van der Waals surface area (Å²) in [5, 5.41) is 0. The first-order chi connectivity index (χ1) is 6.36. The zero-order chi connectivity index (χ0) is 12.5. The molecular formula is C7H7F7O. The van der Waals surface area contributed by atoms with Gasteiger partial charge in [-0.05, 0) is 6.92 Å². The molecule has 0 aliphatic carbocycles. The molecule has 0 amide bonds. The highest BCUT2D eigenvalue weighted by atomic mass is 19.4. The molecule has 0 rings (SSSR count). The van der Waals surface area contributed by atoms with E-state index in [4.69, 9.17) is 0 Å². The lowest BCUT2D eigenvalue weighted by Gasteiger charge is -2.26. The molecule has 0 spiro atoms. The maximum absolute atomic E-state index is 12.8. The summed E-state index contributed by atoms with van der Waals surface area (Å²) in [6, 6.07) is 0. The van der Waals surface area contributed by atoms with Gasteiger partial charge in [0.2, 0.25) is 5.85 Å². The fourth-order valence-electron chi connectivity index (χ4n) is 0.717. The fraction of sp³-hybridized carbons (Fsp3) is 0.714. The van der Waals surface area contributed by atoms with Gasteiger partial charge >= 0.3 is 12.3 Å². The van der Waals surface area contributed by atoms with Crippen LogP contribution in [0.2, 0.25) is 0 Å². The third kappa shape index (κ3) is 5.60. The number of ether oxygens (including phenoxy) is 1. The van der Waals surface area contributed by atoms with Crippen molar-refractivity contribution in [1.82, 2.24) is 0 Å². The molecule has 0 aromatic carbocycles. The van der Waals surface area contributed by atoms with Crippen molar-refractivity contribution in [3.05, 3.63) is 12.4 Å². The van der Waals surface area contributed by atoms with Gasteiger partial charge in [-0.3, -0.25) is 4.74 Å². The molecule has 90 valence electrons. The summed E-state index contributed by atoms with van der Waals surface area (Å²) in [5.74, 6) is -6.09. The minimum Gasteiger partial charge on any atom is -0.277 e. The maximum Gasteiger partial charge on any atom is 0.411 e.